The van der Waals surface area contributed by atoms with Crippen molar-refractivity contribution in [2.45, 2.75) is 63.6 Å². The van der Waals surface area contributed by atoms with Gasteiger partial charge >= 0.3 is 12.1 Å². The molecule has 2 aliphatic carbocycles. The van der Waals surface area contributed by atoms with Gasteiger partial charge in [0.05, 0.1) is 0 Å². The first kappa shape index (κ1) is 22.8. The Kier molecular flexibility index (Phi) is 6.67. The van der Waals surface area contributed by atoms with Crippen molar-refractivity contribution in [1.82, 2.24) is 10.2 Å². The molecule has 0 aromatic heterocycles. The van der Waals surface area contributed by atoms with E-state index in [0.29, 0.717) is 12.8 Å². The molecule has 33 heavy (non-hydrogen) atoms. The molecule has 0 aliphatic heterocycles. The summed E-state index contributed by atoms with van der Waals surface area (Å²) in [6, 6.07) is 14.4. The van der Waals surface area contributed by atoms with E-state index in [-0.39, 0.29) is 24.5 Å². The van der Waals surface area contributed by atoms with Crippen molar-refractivity contribution < 1.29 is 24.2 Å². The van der Waals surface area contributed by atoms with Crippen LogP contribution in [0, 0.1) is 0 Å². The van der Waals surface area contributed by atoms with E-state index in [0.717, 1.165) is 35.1 Å². The first-order chi connectivity index (χ1) is 15.9. The highest BCUT2D eigenvalue weighted by molar-refractivity contribution is 5.89. The molecule has 1 fully saturated rings. The highest BCUT2D eigenvalue weighted by Gasteiger charge is 2.41. The topological polar surface area (TPSA) is 95.9 Å². The average molecular weight is 451 g/mol. The molecule has 4 rings (SSSR count). The minimum atomic E-state index is -1.05. The predicted molar refractivity (Wildman–Crippen MR) is 124 cm³/mol. The van der Waals surface area contributed by atoms with Crippen molar-refractivity contribution in [2.24, 2.45) is 0 Å². The monoisotopic (exact) mass is 450 g/mol. The molecule has 0 spiro atoms. The van der Waals surface area contributed by atoms with Crippen LogP contribution in [-0.4, -0.2) is 52.7 Å². The van der Waals surface area contributed by atoms with Crippen LogP contribution in [0.5, 0.6) is 0 Å². The highest BCUT2D eigenvalue weighted by atomic mass is 16.5. The quantitative estimate of drug-likeness (QED) is 0.598. The van der Waals surface area contributed by atoms with Crippen LogP contribution in [0.1, 0.15) is 56.6 Å². The molecule has 0 bridgehead atoms. The molecule has 2 amide bonds. The zero-order chi connectivity index (χ0) is 23.5. The number of benzene rings is 2. The zero-order valence-corrected chi connectivity index (χ0v) is 19.0. The van der Waals surface area contributed by atoms with Crippen LogP contribution in [0.3, 0.4) is 0 Å². The van der Waals surface area contributed by atoms with Gasteiger partial charge in [-0.15, -0.1) is 0 Å². The summed E-state index contributed by atoms with van der Waals surface area (Å²) in [6.07, 6.45) is 1.99. The van der Waals surface area contributed by atoms with Gasteiger partial charge in [0, 0.05) is 12.0 Å². The fourth-order valence-electron chi connectivity index (χ4n) is 4.67. The summed E-state index contributed by atoms with van der Waals surface area (Å²) in [5.41, 5.74) is 4.51. The second-order valence-electron chi connectivity index (χ2n) is 8.80. The van der Waals surface area contributed by atoms with E-state index in [2.05, 4.69) is 17.4 Å². The minimum absolute atomic E-state index is 0.0709. The molecule has 0 saturated heterocycles. The number of hydrogen-bond donors (Lipinski definition) is 2. The van der Waals surface area contributed by atoms with Crippen molar-refractivity contribution in [1.29, 1.82) is 0 Å². The zero-order valence-electron chi connectivity index (χ0n) is 19.0. The molecular formula is C26H30N2O5. The largest absolute Gasteiger partial charge is 0.480 e. The van der Waals surface area contributed by atoms with Crippen LogP contribution in [0.4, 0.5) is 4.79 Å². The van der Waals surface area contributed by atoms with Gasteiger partial charge in [0.2, 0.25) is 5.91 Å². The summed E-state index contributed by atoms with van der Waals surface area (Å²) < 4.78 is 5.59. The Bertz CT molecular complexity index is 1000. The van der Waals surface area contributed by atoms with Gasteiger partial charge in [-0.25, -0.2) is 9.59 Å². The van der Waals surface area contributed by atoms with E-state index in [1.165, 1.54) is 11.8 Å². The maximum atomic E-state index is 13.2. The van der Waals surface area contributed by atoms with Crippen LogP contribution >= 0.6 is 0 Å². The van der Waals surface area contributed by atoms with Crippen LogP contribution in [-0.2, 0) is 14.3 Å². The summed E-state index contributed by atoms with van der Waals surface area (Å²) >= 11 is 0. The lowest BCUT2D eigenvalue weighted by molar-refractivity contribution is -0.151. The Morgan fingerprint density at radius 1 is 1.06 bits per heavy atom. The van der Waals surface area contributed by atoms with Gasteiger partial charge in [0.1, 0.15) is 18.7 Å². The predicted octanol–water partition coefficient (Wildman–Crippen LogP) is 4.16. The third-order valence-electron chi connectivity index (χ3n) is 6.48. The van der Waals surface area contributed by atoms with E-state index >= 15 is 0 Å². The fourth-order valence-corrected chi connectivity index (χ4v) is 4.67. The van der Waals surface area contributed by atoms with Crippen molar-refractivity contribution in [3.05, 3.63) is 59.7 Å². The minimum Gasteiger partial charge on any atom is -0.480 e. The molecule has 0 heterocycles. The van der Waals surface area contributed by atoms with Gasteiger partial charge in [-0.3, -0.25) is 4.79 Å². The van der Waals surface area contributed by atoms with Crippen molar-refractivity contribution in [3.8, 4) is 11.1 Å². The number of nitrogens with zero attached hydrogens (tertiary/aromatic N) is 1. The lowest BCUT2D eigenvalue weighted by atomic mass is 9.98. The van der Waals surface area contributed by atoms with Crippen molar-refractivity contribution in [3.63, 3.8) is 0 Å². The second-order valence-corrected chi connectivity index (χ2v) is 8.80. The average Bonchev–Trinajstić information content (AvgIpc) is 3.59. The van der Waals surface area contributed by atoms with Gasteiger partial charge < -0.3 is 20.1 Å². The molecule has 0 radical (unpaired) electrons. The third kappa shape index (κ3) is 4.72. The second kappa shape index (κ2) is 9.65. The molecule has 7 nitrogen and oxygen atoms in total. The Labute approximate surface area is 193 Å². The van der Waals surface area contributed by atoms with Gasteiger partial charge in [0.25, 0.3) is 0 Å². The van der Waals surface area contributed by atoms with E-state index in [1.54, 1.807) is 0 Å². The Morgan fingerprint density at radius 2 is 1.64 bits per heavy atom. The van der Waals surface area contributed by atoms with Crippen LogP contribution < -0.4 is 5.32 Å². The number of carboxylic acid groups (broad SMARTS) is 1. The fraction of sp³-hybridized carbons (Fsp3) is 0.423. The molecule has 2 aromatic carbocycles. The molecule has 2 atom stereocenters. The maximum Gasteiger partial charge on any atom is 0.407 e. The van der Waals surface area contributed by atoms with Gasteiger partial charge in [-0.2, -0.15) is 0 Å². The van der Waals surface area contributed by atoms with Gasteiger partial charge in [0.15, 0.2) is 0 Å². The smallest absolute Gasteiger partial charge is 0.407 e. The number of carbonyl (C=O) groups excluding carboxylic acids is 2. The van der Waals surface area contributed by atoms with E-state index < -0.39 is 24.1 Å². The van der Waals surface area contributed by atoms with E-state index in [4.69, 9.17) is 4.74 Å². The molecule has 174 valence electrons. The molecule has 2 N–H and O–H groups in total. The van der Waals surface area contributed by atoms with E-state index in [9.17, 15) is 19.5 Å². The standard InChI is InChI=1S/C26H30N2O5/c1-3-8-23(24(29)28(17-13-14-17)16(2)25(30)31)27-26(32)33-15-22-20-11-6-4-9-18(20)19-10-5-7-12-21(19)22/h4-7,9-12,16-17,22-23H,3,8,13-15H2,1-2H3,(H,27,32)(H,30,31). The molecule has 2 unspecified atom stereocenters. The number of rotatable bonds is 9. The SMILES string of the molecule is CCCC(NC(=O)OCC1c2ccccc2-c2ccccc21)C(=O)N(C1CC1)C(C)C(=O)O. The Morgan fingerprint density at radius 3 is 2.15 bits per heavy atom. The molecule has 2 aromatic rings. The summed E-state index contributed by atoms with van der Waals surface area (Å²) in [5.74, 6) is -1.48. The molecular weight excluding hydrogens is 420 g/mol. The van der Waals surface area contributed by atoms with Crippen LogP contribution in [0.2, 0.25) is 0 Å². The maximum absolute atomic E-state index is 13.2. The first-order valence-electron chi connectivity index (χ1n) is 11.6. The van der Waals surface area contributed by atoms with Crippen LogP contribution in [0.25, 0.3) is 11.1 Å². The number of carbonyl (C=O) groups is 3. The number of nitrogens with one attached hydrogen (secondary N) is 1. The number of amides is 2. The van der Waals surface area contributed by atoms with Gasteiger partial charge in [-0.1, -0.05) is 61.9 Å². The van der Waals surface area contributed by atoms with E-state index in [1.807, 2.05) is 43.3 Å². The first-order valence-corrected chi connectivity index (χ1v) is 11.6. The van der Waals surface area contributed by atoms with Crippen molar-refractivity contribution in [2.75, 3.05) is 6.61 Å². The Balaban J connectivity index is 1.44. The summed E-state index contributed by atoms with van der Waals surface area (Å²) in [5, 5.41) is 12.1. The number of alkyl carbamates (subject to hydrolysis) is 1. The third-order valence-corrected chi connectivity index (χ3v) is 6.48. The number of aliphatic carboxylic acids is 1. The number of ether oxygens (including phenoxy) is 1. The van der Waals surface area contributed by atoms with Crippen molar-refractivity contribution >= 4 is 18.0 Å². The number of fused-ring (bicyclic) bond motifs is 3. The summed E-state index contributed by atoms with van der Waals surface area (Å²) in [6.45, 7) is 3.58. The summed E-state index contributed by atoms with van der Waals surface area (Å²) in [7, 11) is 0. The summed E-state index contributed by atoms with van der Waals surface area (Å²) in [4.78, 5) is 38.8. The highest BCUT2D eigenvalue weighted by Crippen LogP contribution is 2.44. The molecule has 2 aliphatic rings. The lowest BCUT2D eigenvalue weighted by Gasteiger charge is -2.30. The normalized spacial score (nSPS) is 16.3. The Hall–Kier alpha value is -3.35. The lowest BCUT2D eigenvalue weighted by Crippen LogP contribution is -2.54. The van der Waals surface area contributed by atoms with Crippen LogP contribution in [0.15, 0.2) is 48.5 Å². The number of hydrogen-bond acceptors (Lipinski definition) is 4. The molecule has 7 heteroatoms. The molecule has 1 saturated carbocycles. The number of carboxylic acids is 1. The van der Waals surface area contributed by atoms with Gasteiger partial charge in [-0.05, 0) is 48.4 Å².